The Bertz CT molecular complexity index is 884. The summed E-state index contributed by atoms with van der Waals surface area (Å²) in [6.07, 6.45) is -6.06. The number of halogens is 4. The smallest absolute Gasteiger partial charge is 0.394 e. The van der Waals surface area contributed by atoms with Crippen molar-refractivity contribution in [3.63, 3.8) is 0 Å². The number of nitrogens with zero attached hydrogens (tertiary/aromatic N) is 1. The van der Waals surface area contributed by atoms with E-state index in [9.17, 15) is 28.2 Å². The molecule has 0 bridgehead atoms. The Kier molecular flexibility index (Phi) is 9.69. The molecule has 0 radical (unpaired) electrons. The fraction of sp³-hybridized carbons (Fsp3) is 0.435. The van der Waals surface area contributed by atoms with Crippen LogP contribution in [-0.2, 0) is 17.3 Å². The van der Waals surface area contributed by atoms with Gasteiger partial charge in [-0.15, -0.1) is 12.4 Å². The Morgan fingerprint density at radius 3 is 2.30 bits per heavy atom. The van der Waals surface area contributed by atoms with E-state index in [1.165, 1.54) is 0 Å². The molecule has 1 aliphatic rings. The number of hydrogen-bond donors (Lipinski definition) is 3. The fourth-order valence-corrected chi connectivity index (χ4v) is 3.89. The molecule has 3 N–H and O–H groups in total. The van der Waals surface area contributed by atoms with Crippen molar-refractivity contribution >= 4 is 18.3 Å². The van der Waals surface area contributed by atoms with Crippen molar-refractivity contribution in [1.29, 1.82) is 0 Å². The summed E-state index contributed by atoms with van der Waals surface area (Å²) in [5.41, 5.74) is 0.394. The normalized spacial score (nSPS) is 22.8. The van der Waals surface area contributed by atoms with Crippen LogP contribution < -0.4 is 5.32 Å². The van der Waals surface area contributed by atoms with Gasteiger partial charge >= 0.3 is 6.18 Å². The number of ether oxygens (including phenoxy) is 1. The molecule has 1 saturated heterocycles. The molecular weight excluding hydrogens is 461 g/mol. The Hall–Kier alpha value is -2.17. The van der Waals surface area contributed by atoms with Crippen molar-refractivity contribution in [2.24, 2.45) is 0 Å². The Balaban J connectivity index is 0.00000385. The lowest BCUT2D eigenvalue weighted by Crippen LogP contribution is -2.50. The number of aliphatic hydroxyl groups is 2. The highest BCUT2D eigenvalue weighted by Gasteiger charge is 2.45. The molecule has 2 aromatic rings. The first-order valence-corrected chi connectivity index (χ1v) is 10.3. The molecule has 1 aliphatic heterocycles. The van der Waals surface area contributed by atoms with Gasteiger partial charge in [0.15, 0.2) is 0 Å². The summed E-state index contributed by atoms with van der Waals surface area (Å²) in [5, 5.41) is 22.8. The van der Waals surface area contributed by atoms with Gasteiger partial charge in [0, 0.05) is 18.7 Å². The lowest BCUT2D eigenvalue weighted by molar-refractivity contribution is -0.137. The third kappa shape index (κ3) is 6.91. The average Bonchev–Trinajstić information content (AvgIpc) is 3.11. The molecule has 182 valence electrons. The minimum Gasteiger partial charge on any atom is -0.394 e. The maximum atomic E-state index is 12.7. The molecular formula is C23H28ClF3N2O4. The summed E-state index contributed by atoms with van der Waals surface area (Å²) in [4.78, 5) is 14.3. The molecule has 0 spiro atoms. The van der Waals surface area contributed by atoms with Crippen molar-refractivity contribution in [2.75, 3.05) is 26.7 Å². The summed E-state index contributed by atoms with van der Waals surface area (Å²) < 4.78 is 43.9. The maximum Gasteiger partial charge on any atom is 0.416 e. The first kappa shape index (κ1) is 27.1. The second-order valence-electron chi connectivity index (χ2n) is 7.88. The number of benzene rings is 2. The quantitative estimate of drug-likeness (QED) is 0.532. The van der Waals surface area contributed by atoms with Gasteiger partial charge in [-0.25, -0.2) is 0 Å². The summed E-state index contributed by atoms with van der Waals surface area (Å²) in [6.45, 7) is 0.290. The third-order valence-corrected chi connectivity index (χ3v) is 5.68. The molecule has 10 heteroatoms. The summed E-state index contributed by atoms with van der Waals surface area (Å²) in [7, 11) is 1.84. The van der Waals surface area contributed by atoms with Crippen LogP contribution in [0.1, 0.15) is 21.5 Å². The monoisotopic (exact) mass is 488 g/mol. The standard InChI is InChI=1S/C23H27F3N2O4.ClH/c1-28(12-11-15-5-3-2-4-6-15)20-18(32-19(14-29)21(20)30)13-27-22(31)16-7-9-17(10-8-16)23(24,25)26;/h2-10,18-21,29-30H,11-14H2,1H3,(H,27,31);1H/t18-,19+,20+,21-;/m1./s1. The molecule has 0 unspecified atom stereocenters. The van der Waals surface area contributed by atoms with E-state index in [1.54, 1.807) is 0 Å². The zero-order valence-electron chi connectivity index (χ0n) is 18.0. The van der Waals surface area contributed by atoms with Gasteiger partial charge in [-0.2, -0.15) is 13.2 Å². The summed E-state index contributed by atoms with van der Waals surface area (Å²) in [6, 6.07) is 13.3. The van der Waals surface area contributed by atoms with Gasteiger partial charge in [-0.1, -0.05) is 30.3 Å². The lowest BCUT2D eigenvalue weighted by Gasteiger charge is -2.30. The lowest BCUT2D eigenvalue weighted by atomic mass is 10.0. The van der Waals surface area contributed by atoms with E-state index < -0.39 is 42.0 Å². The van der Waals surface area contributed by atoms with Crippen LogP contribution in [0.2, 0.25) is 0 Å². The van der Waals surface area contributed by atoms with E-state index >= 15 is 0 Å². The van der Waals surface area contributed by atoms with E-state index in [2.05, 4.69) is 5.32 Å². The second kappa shape index (κ2) is 11.8. The van der Waals surface area contributed by atoms with Crippen molar-refractivity contribution in [3.8, 4) is 0 Å². The number of hydrogen-bond acceptors (Lipinski definition) is 5. The van der Waals surface area contributed by atoms with Crippen molar-refractivity contribution in [3.05, 3.63) is 71.3 Å². The number of amides is 1. The second-order valence-corrected chi connectivity index (χ2v) is 7.88. The van der Waals surface area contributed by atoms with E-state index in [0.29, 0.717) is 6.54 Å². The molecule has 4 atom stereocenters. The number of rotatable bonds is 8. The largest absolute Gasteiger partial charge is 0.416 e. The Morgan fingerprint density at radius 2 is 1.73 bits per heavy atom. The van der Waals surface area contributed by atoms with Crippen molar-refractivity contribution < 1.29 is 32.9 Å². The van der Waals surface area contributed by atoms with Crippen molar-refractivity contribution in [1.82, 2.24) is 10.2 Å². The number of nitrogens with one attached hydrogen (secondary N) is 1. The number of carbonyl (C=O) groups excluding carboxylic acids is 1. The minimum absolute atomic E-state index is 0. The molecule has 0 aliphatic carbocycles. The van der Waals surface area contributed by atoms with Gasteiger partial charge in [0.1, 0.15) is 12.2 Å². The molecule has 3 rings (SSSR count). The fourth-order valence-electron chi connectivity index (χ4n) is 3.89. The van der Waals surface area contributed by atoms with E-state index in [4.69, 9.17) is 4.74 Å². The molecule has 6 nitrogen and oxygen atoms in total. The van der Waals surface area contributed by atoms with Crippen LogP contribution in [0, 0.1) is 0 Å². The Morgan fingerprint density at radius 1 is 1.09 bits per heavy atom. The van der Waals surface area contributed by atoms with Crippen molar-refractivity contribution in [2.45, 2.75) is 37.0 Å². The van der Waals surface area contributed by atoms with Crippen LogP contribution in [0.25, 0.3) is 0 Å². The maximum absolute atomic E-state index is 12.7. The van der Waals surface area contributed by atoms with Crippen LogP contribution in [0.15, 0.2) is 54.6 Å². The van der Waals surface area contributed by atoms with Gasteiger partial charge in [0.05, 0.1) is 24.3 Å². The van der Waals surface area contributed by atoms with Crippen LogP contribution in [0.3, 0.4) is 0 Å². The number of likely N-dealkylation sites (N-methyl/N-ethyl adjacent to an activating group) is 1. The zero-order chi connectivity index (χ0) is 23.3. The summed E-state index contributed by atoms with van der Waals surface area (Å²) in [5.74, 6) is -0.546. The van der Waals surface area contributed by atoms with Gasteiger partial charge in [0.2, 0.25) is 0 Å². The van der Waals surface area contributed by atoms with E-state index in [0.717, 1.165) is 36.2 Å². The van der Waals surface area contributed by atoms with Crippen LogP contribution in [0.5, 0.6) is 0 Å². The molecule has 1 amide bonds. The SMILES string of the molecule is CN(CCc1ccccc1)[C@@H]1[C@H](O)[C@H](CO)O[C@@H]1CNC(=O)c1ccc(C(F)(F)F)cc1.Cl. The third-order valence-electron chi connectivity index (χ3n) is 5.68. The number of alkyl halides is 3. The average molecular weight is 489 g/mol. The van der Waals surface area contributed by atoms with Crippen LogP contribution in [-0.4, -0.2) is 72.1 Å². The predicted octanol–water partition coefficient (Wildman–Crippen LogP) is 2.52. The highest BCUT2D eigenvalue weighted by atomic mass is 35.5. The molecule has 1 heterocycles. The first-order valence-electron chi connectivity index (χ1n) is 10.3. The molecule has 2 aromatic carbocycles. The molecule has 0 saturated carbocycles. The van der Waals surface area contributed by atoms with Gasteiger partial charge in [0.25, 0.3) is 5.91 Å². The predicted molar refractivity (Wildman–Crippen MR) is 119 cm³/mol. The number of carbonyl (C=O) groups is 1. The highest BCUT2D eigenvalue weighted by molar-refractivity contribution is 5.94. The minimum atomic E-state index is -4.47. The summed E-state index contributed by atoms with van der Waals surface area (Å²) >= 11 is 0. The van der Waals surface area contributed by atoms with E-state index in [-0.39, 0.29) is 31.1 Å². The molecule has 1 fully saturated rings. The Labute approximate surface area is 196 Å². The highest BCUT2D eigenvalue weighted by Crippen LogP contribution is 2.29. The van der Waals surface area contributed by atoms with Gasteiger partial charge < -0.3 is 20.3 Å². The number of aliphatic hydroxyl groups excluding tert-OH is 2. The molecule has 0 aromatic heterocycles. The molecule has 33 heavy (non-hydrogen) atoms. The van der Waals surface area contributed by atoms with Crippen LogP contribution in [0.4, 0.5) is 13.2 Å². The van der Waals surface area contributed by atoms with Gasteiger partial charge in [-0.3, -0.25) is 9.69 Å². The van der Waals surface area contributed by atoms with Gasteiger partial charge in [-0.05, 0) is 43.3 Å². The first-order chi connectivity index (χ1) is 15.2. The van der Waals surface area contributed by atoms with Crippen LogP contribution >= 0.6 is 12.4 Å². The topological polar surface area (TPSA) is 82.0 Å². The van der Waals surface area contributed by atoms with E-state index in [1.807, 2.05) is 42.3 Å². The zero-order valence-corrected chi connectivity index (χ0v) is 18.9.